The van der Waals surface area contributed by atoms with Gasteiger partial charge in [-0.15, -0.1) is 0 Å². The van der Waals surface area contributed by atoms with Crippen LogP contribution in [0.5, 0.6) is 0 Å². The van der Waals surface area contributed by atoms with Crippen LogP contribution in [0.4, 0.5) is 0 Å². The van der Waals surface area contributed by atoms with Gasteiger partial charge in [-0.3, -0.25) is 9.59 Å². The highest BCUT2D eigenvalue weighted by molar-refractivity contribution is 5.92. The number of rotatable bonds is 2. The Morgan fingerprint density at radius 1 is 1.32 bits per heavy atom. The van der Waals surface area contributed by atoms with Gasteiger partial charge in [0, 0.05) is 12.5 Å². The lowest BCUT2D eigenvalue weighted by Gasteiger charge is -2.35. The standard InChI is InChI=1S/C13H16N2O4/c16-11-6-15(10(5-14-11)13(18)19)12(17)9-4-7-1-2-8(9)3-7/h1-2,7-10H,3-6H2,(H,14,16)(H,18,19). The van der Waals surface area contributed by atoms with Crippen LogP contribution in [0, 0.1) is 17.8 Å². The van der Waals surface area contributed by atoms with Crippen molar-refractivity contribution in [1.82, 2.24) is 10.2 Å². The van der Waals surface area contributed by atoms with E-state index in [9.17, 15) is 14.4 Å². The van der Waals surface area contributed by atoms with E-state index in [0.29, 0.717) is 5.92 Å². The summed E-state index contributed by atoms with van der Waals surface area (Å²) in [6.45, 7) is -0.149. The first kappa shape index (κ1) is 12.2. The molecule has 2 fully saturated rings. The van der Waals surface area contributed by atoms with E-state index in [0.717, 1.165) is 12.8 Å². The van der Waals surface area contributed by atoms with Crippen LogP contribution < -0.4 is 5.32 Å². The monoisotopic (exact) mass is 264 g/mol. The van der Waals surface area contributed by atoms with Crippen LogP contribution in [0.25, 0.3) is 0 Å². The highest BCUT2D eigenvalue weighted by Crippen LogP contribution is 2.44. The molecule has 3 aliphatic rings. The van der Waals surface area contributed by atoms with Crippen LogP contribution in [0.1, 0.15) is 12.8 Å². The van der Waals surface area contributed by atoms with E-state index in [4.69, 9.17) is 5.11 Å². The summed E-state index contributed by atoms with van der Waals surface area (Å²) in [6, 6.07) is -0.937. The number of carboxylic acid groups (broad SMARTS) is 1. The molecule has 102 valence electrons. The number of nitrogens with one attached hydrogen (secondary N) is 1. The van der Waals surface area contributed by atoms with Gasteiger partial charge in [-0.05, 0) is 24.7 Å². The van der Waals surface area contributed by atoms with Gasteiger partial charge in [0.25, 0.3) is 0 Å². The van der Waals surface area contributed by atoms with Crippen LogP contribution in [0.2, 0.25) is 0 Å². The van der Waals surface area contributed by atoms with Crippen molar-refractivity contribution in [2.24, 2.45) is 17.8 Å². The number of amides is 2. The van der Waals surface area contributed by atoms with E-state index >= 15 is 0 Å². The third-order valence-electron chi connectivity index (χ3n) is 4.35. The number of aliphatic carboxylic acids is 1. The lowest BCUT2D eigenvalue weighted by Crippen LogP contribution is -2.60. The van der Waals surface area contributed by atoms with Gasteiger partial charge in [-0.2, -0.15) is 0 Å². The first-order valence-corrected chi connectivity index (χ1v) is 6.54. The molecule has 0 radical (unpaired) electrons. The molecular weight excluding hydrogens is 248 g/mol. The average Bonchev–Trinajstić information content (AvgIpc) is 2.99. The Kier molecular flexibility index (Phi) is 2.80. The zero-order valence-electron chi connectivity index (χ0n) is 10.4. The maximum atomic E-state index is 12.5. The first-order chi connectivity index (χ1) is 9.06. The Balaban J connectivity index is 1.78. The van der Waals surface area contributed by atoms with Gasteiger partial charge in [0.15, 0.2) is 0 Å². The summed E-state index contributed by atoms with van der Waals surface area (Å²) in [7, 11) is 0. The second-order valence-corrected chi connectivity index (χ2v) is 5.51. The van der Waals surface area contributed by atoms with Gasteiger partial charge < -0.3 is 15.3 Å². The summed E-state index contributed by atoms with van der Waals surface area (Å²) in [5.41, 5.74) is 0. The Morgan fingerprint density at radius 3 is 2.68 bits per heavy atom. The quantitative estimate of drug-likeness (QED) is 0.665. The molecule has 1 saturated carbocycles. The van der Waals surface area contributed by atoms with Crippen LogP contribution in [0.15, 0.2) is 12.2 Å². The van der Waals surface area contributed by atoms with Crippen molar-refractivity contribution >= 4 is 17.8 Å². The van der Waals surface area contributed by atoms with Crippen molar-refractivity contribution in [3.8, 4) is 0 Å². The summed E-state index contributed by atoms with van der Waals surface area (Å²) in [4.78, 5) is 36.3. The minimum Gasteiger partial charge on any atom is -0.480 e. The summed E-state index contributed by atoms with van der Waals surface area (Å²) in [5.74, 6) is -1.02. The van der Waals surface area contributed by atoms with Crippen LogP contribution >= 0.6 is 0 Å². The maximum absolute atomic E-state index is 12.5. The van der Waals surface area contributed by atoms with Crippen LogP contribution in [0.3, 0.4) is 0 Å². The summed E-state index contributed by atoms with van der Waals surface area (Å²) < 4.78 is 0. The van der Waals surface area contributed by atoms with E-state index in [1.165, 1.54) is 4.90 Å². The van der Waals surface area contributed by atoms with Crippen LogP contribution in [-0.2, 0) is 14.4 Å². The summed E-state index contributed by atoms with van der Waals surface area (Å²) in [5, 5.41) is 11.7. The second-order valence-electron chi connectivity index (χ2n) is 5.51. The fraction of sp³-hybridized carbons (Fsp3) is 0.615. The van der Waals surface area contributed by atoms with Crippen molar-refractivity contribution in [3.05, 3.63) is 12.2 Å². The molecule has 19 heavy (non-hydrogen) atoms. The summed E-state index contributed by atoms with van der Waals surface area (Å²) in [6.07, 6.45) is 5.95. The van der Waals surface area contributed by atoms with E-state index in [1.54, 1.807) is 0 Å². The van der Waals surface area contributed by atoms with Gasteiger partial charge >= 0.3 is 5.97 Å². The molecule has 1 saturated heterocycles. The molecule has 4 unspecified atom stereocenters. The number of carbonyl (C=O) groups excluding carboxylic acids is 2. The molecule has 3 rings (SSSR count). The number of piperazine rings is 1. The normalized spacial score (nSPS) is 36.4. The third-order valence-corrected chi connectivity index (χ3v) is 4.35. The minimum absolute atomic E-state index is 0.00341. The van der Waals surface area contributed by atoms with E-state index < -0.39 is 12.0 Å². The topological polar surface area (TPSA) is 86.7 Å². The molecular formula is C13H16N2O4. The van der Waals surface area contributed by atoms with Gasteiger partial charge in [-0.25, -0.2) is 4.79 Å². The van der Waals surface area contributed by atoms with Crippen LogP contribution in [-0.4, -0.2) is 46.9 Å². The SMILES string of the molecule is O=C1CN(C(=O)C2CC3C=CC2C3)C(C(=O)O)CN1. The maximum Gasteiger partial charge on any atom is 0.328 e. The number of carbonyl (C=O) groups is 3. The first-order valence-electron chi connectivity index (χ1n) is 6.54. The number of hydrogen-bond donors (Lipinski definition) is 2. The molecule has 6 nitrogen and oxygen atoms in total. The molecule has 1 heterocycles. The van der Waals surface area contributed by atoms with E-state index in [2.05, 4.69) is 17.5 Å². The molecule has 0 aromatic rings. The van der Waals surface area contributed by atoms with Gasteiger partial charge in [0.2, 0.25) is 11.8 Å². The lowest BCUT2D eigenvalue weighted by atomic mass is 9.91. The highest BCUT2D eigenvalue weighted by Gasteiger charge is 2.45. The Bertz CT molecular complexity index is 473. The number of hydrogen-bond acceptors (Lipinski definition) is 3. The Labute approximate surface area is 110 Å². The van der Waals surface area contributed by atoms with Gasteiger partial charge in [0.05, 0.1) is 0 Å². The van der Waals surface area contributed by atoms with Crippen molar-refractivity contribution in [3.63, 3.8) is 0 Å². The Morgan fingerprint density at radius 2 is 2.11 bits per heavy atom. The average molecular weight is 264 g/mol. The summed E-state index contributed by atoms with van der Waals surface area (Å²) >= 11 is 0. The van der Waals surface area contributed by atoms with E-state index in [1.807, 2.05) is 0 Å². The molecule has 6 heteroatoms. The largest absolute Gasteiger partial charge is 0.480 e. The molecule has 2 N–H and O–H groups in total. The number of nitrogens with zero attached hydrogens (tertiary/aromatic N) is 1. The fourth-order valence-corrected chi connectivity index (χ4v) is 3.37. The third kappa shape index (κ3) is 2.01. The van der Waals surface area contributed by atoms with Crippen molar-refractivity contribution in [2.75, 3.05) is 13.1 Å². The number of allylic oxidation sites excluding steroid dienone is 2. The predicted octanol–water partition coefficient (Wildman–Crippen LogP) is -0.390. The van der Waals surface area contributed by atoms with Crippen molar-refractivity contribution in [2.45, 2.75) is 18.9 Å². The van der Waals surface area contributed by atoms with Gasteiger partial charge in [0.1, 0.15) is 12.6 Å². The van der Waals surface area contributed by atoms with E-state index in [-0.39, 0.29) is 36.7 Å². The number of fused-ring (bicyclic) bond motifs is 2. The number of carboxylic acids is 1. The minimum atomic E-state index is -1.06. The molecule has 0 aromatic heterocycles. The van der Waals surface area contributed by atoms with Crippen molar-refractivity contribution < 1.29 is 19.5 Å². The zero-order valence-corrected chi connectivity index (χ0v) is 10.4. The molecule has 2 aliphatic carbocycles. The zero-order chi connectivity index (χ0) is 13.6. The molecule has 2 bridgehead atoms. The molecule has 1 aliphatic heterocycles. The lowest BCUT2D eigenvalue weighted by molar-refractivity contribution is -0.156. The Hall–Kier alpha value is -1.85. The van der Waals surface area contributed by atoms with Gasteiger partial charge in [-0.1, -0.05) is 12.2 Å². The smallest absolute Gasteiger partial charge is 0.328 e. The molecule has 4 atom stereocenters. The highest BCUT2D eigenvalue weighted by atomic mass is 16.4. The molecule has 0 aromatic carbocycles. The van der Waals surface area contributed by atoms with Crippen molar-refractivity contribution in [1.29, 1.82) is 0 Å². The molecule has 0 spiro atoms. The molecule has 2 amide bonds. The predicted molar refractivity (Wildman–Crippen MR) is 65.0 cm³/mol. The second kappa shape index (κ2) is 4.36. The fourth-order valence-electron chi connectivity index (χ4n) is 3.37.